The fourth-order valence-corrected chi connectivity index (χ4v) is 4.16. The number of carbonyl (C=O) groups is 1. The van der Waals surface area contributed by atoms with E-state index in [-0.39, 0.29) is 5.91 Å². The van der Waals surface area contributed by atoms with Crippen LogP contribution in [0.25, 0.3) is 0 Å². The van der Waals surface area contributed by atoms with Crippen molar-refractivity contribution >= 4 is 17.2 Å². The zero-order valence-corrected chi connectivity index (χ0v) is 17.1. The second-order valence-electron chi connectivity index (χ2n) is 7.34. The molecule has 0 unspecified atom stereocenters. The van der Waals surface area contributed by atoms with Gasteiger partial charge < -0.3 is 5.32 Å². The second-order valence-corrected chi connectivity index (χ2v) is 8.32. The Balaban J connectivity index is 1.61. The predicted molar refractivity (Wildman–Crippen MR) is 110 cm³/mol. The Morgan fingerprint density at radius 3 is 2.82 bits per heavy atom. The van der Waals surface area contributed by atoms with Crippen molar-refractivity contribution in [3.05, 3.63) is 69.4 Å². The summed E-state index contributed by atoms with van der Waals surface area (Å²) in [7, 11) is 0. The van der Waals surface area contributed by atoms with Crippen LogP contribution in [-0.2, 0) is 26.1 Å². The maximum Gasteiger partial charge on any atom is 0.272 e. The lowest BCUT2D eigenvalue weighted by Crippen LogP contribution is -2.37. The Hall–Kier alpha value is -2.51. The van der Waals surface area contributed by atoms with E-state index in [2.05, 4.69) is 41.2 Å². The summed E-state index contributed by atoms with van der Waals surface area (Å²) in [6.45, 7) is 7.27. The number of carbonyl (C=O) groups excluding carboxylic acids is 1. The molecule has 0 fully saturated rings. The van der Waals surface area contributed by atoms with Gasteiger partial charge in [0.1, 0.15) is 5.01 Å². The van der Waals surface area contributed by atoms with Gasteiger partial charge in [0.15, 0.2) is 5.69 Å². The van der Waals surface area contributed by atoms with Crippen molar-refractivity contribution in [3.8, 4) is 0 Å². The molecule has 1 aliphatic heterocycles. The first-order valence-corrected chi connectivity index (χ1v) is 10.5. The molecular formula is C21H25N5OS. The van der Waals surface area contributed by atoms with E-state index in [0.717, 1.165) is 30.1 Å². The minimum Gasteiger partial charge on any atom is -0.344 e. The van der Waals surface area contributed by atoms with E-state index >= 15 is 0 Å². The lowest BCUT2D eigenvalue weighted by molar-refractivity contribution is 0.0942. The largest absolute Gasteiger partial charge is 0.344 e. The average Bonchev–Trinajstić information content (AvgIpc) is 3.35. The van der Waals surface area contributed by atoms with E-state index in [1.54, 1.807) is 17.5 Å². The van der Waals surface area contributed by atoms with Crippen molar-refractivity contribution < 1.29 is 4.79 Å². The van der Waals surface area contributed by atoms with Crippen LogP contribution in [0.15, 0.2) is 41.9 Å². The quantitative estimate of drug-likeness (QED) is 0.697. The van der Waals surface area contributed by atoms with Gasteiger partial charge in [-0.1, -0.05) is 30.3 Å². The SMILES string of the molecule is CC(C)N1CCc2c(c(C(=O)NCc3nccs3)nn2Cc2ccccc2)C1. The average molecular weight is 396 g/mol. The van der Waals surface area contributed by atoms with Crippen LogP contribution in [0.3, 0.4) is 0 Å². The molecule has 1 aliphatic rings. The highest BCUT2D eigenvalue weighted by molar-refractivity contribution is 7.09. The normalized spacial score (nSPS) is 14.2. The molecule has 1 aromatic carbocycles. The maximum absolute atomic E-state index is 12.9. The highest BCUT2D eigenvalue weighted by Crippen LogP contribution is 2.25. The molecule has 0 saturated carbocycles. The number of thiazole rings is 1. The standard InChI is InChI=1S/C21H25N5OS/c1-15(2)25-10-8-18-17(14-25)20(21(27)23-12-19-22-9-11-28-19)24-26(18)13-16-6-4-3-5-7-16/h3-7,9,11,15H,8,10,12-14H2,1-2H3,(H,23,27). The van der Waals surface area contributed by atoms with Crippen LogP contribution < -0.4 is 5.32 Å². The predicted octanol–water partition coefficient (Wildman–Crippen LogP) is 3.08. The minimum absolute atomic E-state index is 0.121. The number of amides is 1. The van der Waals surface area contributed by atoms with Gasteiger partial charge in [-0.2, -0.15) is 5.10 Å². The summed E-state index contributed by atoms with van der Waals surface area (Å²) < 4.78 is 2.01. The van der Waals surface area contributed by atoms with Crippen molar-refractivity contribution in [2.75, 3.05) is 6.54 Å². The third-order valence-electron chi connectivity index (χ3n) is 5.17. The zero-order valence-electron chi connectivity index (χ0n) is 16.3. The summed E-state index contributed by atoms with van der Waals surface area (Å²) in [5.41, 5.74) is 3.98. The number of hydrogen-bond acceptors (Lipinski definition) is 5. The molecule has 1 N–H and O–H groups in total. The van der Waals surface area contributed by atoms with E-state index in [1.807, 2.05) is 28.3 Å². The molecule has 3 aromatic rings. The van der Waals surface area contributed by atoms with Crippen LogP contribution in [0.4, 0.5) is 0 Å². The molecule has 3 heterocycles. The molecule has 0 bridgehead atoms. The first-order chi connectivity index (χ1) is 13.6. The van der Waals surface area contributed by atoms with Crippen LogP contribution in [0.5, 0.6) is 0 Å². The molecular weight excluding hydrogens is 370 g/mol. The van der Waals surface area contributed by atoms with Gasteiger partial charge >= 0.3 is 0 Å². The molecule has 1 amide bonds. The minimum atomic E-state index is -0.121. The van der Waals surface area contributed by atoms with Gasteiger partial charge in [0.05, 0.1) is 13.1 Å². The van der Waals surface area contributed by atoms with Crippen molar-refractivity contribution in [1.82, 2.24) is 25.0 Å². The third-order valence-corrected chi connectivity index (χ3v) is 5.95. The van der Waals surface area contributed by atoms with E-state index in [9.17, 15) is 4.79 Å². The van der Waals surface area contributed by atoms with Gasteiger partial charge in [-0.3, -0.25) is 14.4 Å². The van der Waals surface area contributed by atoms with Crippen LogP contribution in [0, 0.1) is 0 Å². The van der Waals surface area contributed by atoms with E-state index in [0.29, 0.717) is 24.8 Å². The van der Waals surface area contributed by atoms with Gasteiger partial charge in [0.25, 0.3) is 5.91 Å². The highest BCUT2D eigenvalue weighted by Gasteiger charge is 2.29. The Morgan fingerprint density at radius 1 is 1.29 bits per heavy atom. The van der Waals surface area contributed by atoms with Crippen LogP contribution in [0.2, 0.25) is 0 Å². The molecule has 6 nitrogen and oxygen atoms in total. The number of hydrogen-bond donors (Lipinski definition) is 1. The van der Waals surface area contributed by atoms with E-state index in [1.165, 1.54) is 11.3 Å². The number of fused-ring (bicyclic) bond motifs is 1. The number of benzene rings is 1. The summed E-state index contributed by atoms with van der Waals surface area (Å²) in [4.78, 5) is 19.6. The van der Waals surface area contributed by atoms with Crippen molar-refractivity contribution in [1.29, 1.82) is 0 Å². The van der Waals surface area contributed by atoms with Crippen molar-refractivity contribution in [3.63, 3.8) is 0 Å². The molecule has 0 saturated heterocycles. The molecule has 0 aliphatic carbocycles. The Labute approximate surface area is 169 Å². The first kappa shape index (κ1) is 18.8. The molecule has 0 atom stereocenters. The van der Waals surface area contributed by atoms with Crippen LogP contribution in [0.1, 0.15) is 46.2 Å². The Kier molecular flexibility index (Phi) is 5.54. The summed E-state index contributed by atoms with van der Waals surface area (Å²) >= 11 is 1.54. The highest BCUT2D eigenvalue weighted by atomic mass is 32.1. The van der Waals surface area contributed by atoms with Gasteiger partial charge in [-0.25, -0.2) is 4.98 Å². The molecule has 4 rings (SSSR count). The van der Waals surface area contributed by atoms with Crippen LogP contribution >= 0.6 is 11.3 Å². The summed E-state index contributed by atoms with van der Waals surface area (Å²) in [5.74, 6) is -0.121. The lowest BCUT2D eigenvalue weighted by Gasteiger charge is -2.30. The second kappa shape index (κ2) is 8.24. The van der Waals surface area contributed by atoms with Gasteiger partial charge in [0, 0.05) is 48.4 Å². The molecule has 7 heteroatoms. The third kappa shape index (κ3) is 4.00. The van der Waals surface area contributed by atoms with Gasteiger partial charge in [-0.15, -0.1) is 11.3 Å². The number of aromatic nitrogens is 3. The summed E-state index contributed by atoms with van der Waals surface area (Å²) in [6.07, 6.45) is 2.66. The molecule has 2 aromatic heterocycles. The maximum atomic E-state index is 12.9. The van der Waals surface area contributed by atoms with Crippen molar-refractivity contribution in [2.24, 2.45) is 0 Å². The van der Waals surface area contributed by atoms with E-state index in [4.69, 9.17) is 5.10 Å². The Morgan fingerprint density at radius 2 is 2.11 bits per heavy atom. The summed E-state index contributed by atoms with van der Waals surface area (Å²) in [6, 6.07) is 10.7. The molecule has 28 heavy (non-hydrogen) atoms. The number of nitrogens with one attached hydrogen (secondary N) is 1. The fraction of sp³-hybridized carbons (Fsp3) is 0.381. The Bertz CT molecular complexity index is 933. The number of rotatable bonds is 6. The summed E-state index contributed by atoms with van der Waals surface area (Å²) in [5, 5.41) is 10.5. The molecule has 146 valence electrons. The van der Waals surface area contributed by atoms with E-state index < -0.39 is 0 Å². The smallest absolute Gasteiger partial charge is 0.272 e. The number of nitrogens with zero attached hydrogens (tertiary/aromatic N) is 4. The fourth-order valence-electron chi connectivity index (χ4n) is 3.60. The molecule has 0 radical (unpaired) electrons. The van der Waals surface area contributed by atoms with Gasteiger partial charge in [0.2, 0.25) is 0 Å². The van der Waals surface area contributed by atoms with Crippen molar-refractivity contribution in [2.45, 2.75) is 45.9 Å². The molecule has 0 spiro atoms. The lowest BCUT2D eigenvalue weighted by atomic mass is 10.0. The first-order valence-electron chi connectivity index (χ1n) is 9.65. The monoisotopic (exact) mass is 395 g/mol. The zero-order chi connectivity index (χ0) is 19.5. The van der Waals surface area contributed by atoms with Gasteiger partial charge in [-0.05, 0) is 19.4 Å². The topological polar surface area (TPSA) is 63.1 Å². The van der Waals surface area contributed by atoms with Crippen LogP contribution in [-0.4, -0.2) is 38.2 Å².